The van der Waals surface area contributed by atoms with E-state index in [2.05, 4.69) is 10.3 Å². The number of rotatable bonds is 6. The first kappa shape index (κ1) is 16.9. The third-order valence-corrected chi connectivity index (χ3v) is 4.26. The largest absolute Gasteiger partial charge is 0.497 e. The molecule has 0 radical (unpaired) electrons. The second-order valence-corrected chi connectivity index (χ2v) is 5.92. The third kappa shape index (κ3) is 3.42. The minimum absolute atomic E-state index is 0.407. The number of para-hydroxylation sites is 1. The summed E-state index contributed by atoms with van der Waals surface area (Å²) in [6.07, 6.45) is 1.68. The molecule has 0 fully saturated rings. The molecule has 0 atom stereocenters. The van der Waals surface area contributed by atoms with E-state index in [1.165, 1.54) is 0 Å². The van der Waals surface area contributed by atoms with E-state index in [9.17, 15) is 4.79 Å². The summed E-state index contributed by atoms with van der Waals surface area (Å²) in [7, 11) is 1.62. The zero-order valence-electron chi connectivity index (χ0n) is 14.8. The molecule has 2 aromatic carbocycles. The Morgan fingerprint density at radius 2 is 1.78 bits per heavy atom. The molecule has 0 bridgehead atoms. The van der Waals surface area contributed by atoms with Gasteiger partial charge in [0, 0.05) is 17.0 Å². The third-order valence-electron chi connectivity index (χ3n) is 4.26. The molecule has 0 amide bonds. The van der Waals surface area contributed by atoms with Crippen molar-refractivity contribution < 1.29 is 13.9 Å². The minimum atomic E-state index is -0.407. The molecule has 27 heavy (non-hydrogen) atoms. The molecule has 0 aliphatic heterocycles. The van der Waals surface area contributed by atoms with E-state index in [0.29, 0.717) is 29.9 Å². The fourth-order valence-electron chi connectivity index (χ4n) is 2.97. The summed E-state index contributed by atoms with van der Waals surface area (Å²) in [5.74, 6) is 2.01. The molecular formula is C21H18N2O4. The summed E-state index contributed by atoms with van der Waals surface area (Å²) in [5, 5.41) is 5.31. The Bertz CT molecular complexity index is 1140. The summed E-state index contributed by atoms with van der Waals surface area (Å²) >= 11 is 0. The molecule has 0 spiro atoms. The number of anilines is 1. The van der Waals surface area contributed by atoms with Crippen LogP contribution in [0.3, 0.4) is 0 Å². The molecule has 136 valence electrons. The van der Waals surface area contributed by atoms with Gasteiger partial charge < -0.3 is 19.2 Å². The second-order valence-electron chi connectivity index (χ2n) is 5.92. The van der Waals surface area contributed by atoms with Crippen LogP contribution < -0.4 is 20.4 Å². The molecule has 0 aliphatic carbocycles. The van der Waals surface area contributed by atoms with Gasteiger partial charge in [-0.05, 0) is 36.4 Å². The number of nitrogens with zero attached hydrogens (tertiary/aromatic N) is 1. The van der Waals surface area contributed by atoms with Gasteiger partial charge in [-0.15, -0.1) is 0 Å². The average molecular weight is 362 g/mol. The van der Waals surface area contributed by atoms with Gasteiger partial charge in [-0.1, -0.05) is 18.2 Å². The molecule has 4 aromatic rings. The van der Waals surface area contributed by atoms with E-state index in [-0.39, 0.29) is 0 Å². The maximum Gasteiger partial charge on any atom is 0.347 e. The van der Waals surface area contributed by atoms with Gasteiger partial charge in [0.05, 0.1) is 13.7 Å². The lowest BCUT2D eigenvalue weighted by Gasteiger charge is -2.10. The van der Waals surface area contributed by atoms with Crippen molar-refractivity contribution >= 4 is 27.6 Å². The Kier molecular flexibility index (Phi) is 4.61. The smallest absolute Gasteiger partial charge is 0.347 e. The maximum atomic E-state index is 12.4. The first-order valence-electron chi connectivity index (χ1n) is 8.57. The molecule has 0 saturated carbocycles. The van der Waals surface area contributed by atoms with Gasteiger partial charge in [0.25, 0.3) is 0 Å². The van der Waals surface area contributed by atoms with Crippen LogP contribution in [0.4, 0.5) is 5.82 Å². The monoisotopic (exact) mass is 362 g/mol. The van der Waals surface area contributed by atoms with Crippen molar-refractivity contribution in [2.75, 3.05) is 25.6 Å². The average Bonchev–Trinajstić information content (AvgIpc) is 2.71. The Morgan fingerprint density at radius 1 is 1.00 bits per heavy atom. The van der Waals surface area contributed by atoms with Gasteiger partial charge in [-0.2, -0.15) is 0 Å². The predicted molar refractivity (Wildman–Crippen MR) is 105 cm³/mol. The van der Waals surface area contributed by atoms with Gasteiger partial charge in [0.2, 0.25) is 0 Å². The quantitative estimate of drug-likeness (QED) is 0.319. The highest BCUT2D eigenvalue weighted by Gasteiger charge is 2.11. The van der Waals surface area contributed by atoms with Gasteiger partial charge in [0.15, 0.2) is 0 Å². The number of ether oxygens (including phenoxy) is 2. The van der Waals surface area contributed by atoms with E-state index < -0.39 is 5.63 Å². The SMILES string of the molecule is COc1ccc(OCCNc2nccc3c2c(=O)oc2ccccc23)cc1. The van der Waals surface area contributed by atoms with E-state index in [0.717, 1.165) is 22.3 Å². The summed E-state index contributed by atoms with van der Waals surface area (Å²) < 4.78 is 16.2. The highest BCUT2D eigenvalue weighted by molar-refractivity contribution is 6.07. The highest BCUT2D eigenvalue weighted by Crippen LogP contribution is 2.25. The lowest BCUT2D eigenvalue weighted by molar-refractivity contribution is 0.331. The van der Waals surface area contributed by atoms with E-state index >= 15 is 0 Å². The molecule has 2 heterocycles. The van der Waals surface area contributed by atoms with Crippen LogP contribution in [0.1, 0.15) is 0 Å². The van der Waals surface area contributed by atoms with Gasteiger partial charge in [-0.25, -0.2) is 9.78 Å². The Balaban J connectivity index is 1.52. The number of hydrogen-bond acceptors (Lipinski definition) is 6. The van der Waals surface area contributed by atoms with Crippen molar-refractivity contribution in [3.63, 3.8) is 0 Å². The standard InChI is InChI=1S/C21H18N2O4/c1-25-14-6-8-15(9-7-14)26-13-12-23-20-19-17(10-11-22-20)16-4-2-3-5-18(16)27-21(19)24/h2-11H,12-13H2,1H3,(H,22,23). The molecule has 4 rings (SSSR count). The summed E-state index contributed by atoms with van der Waals surface area (Å²) in [6.45, 7) is 0.910. The molecule has 0 unspecified atom stereocenters. The van der Waals surface area contributed by atoms with E-state index in [4.69, 9.17) is 13.9 Å². The van der Waals surface area contributed by atoms with Crippen molar-refractivity contribution in [3.8, 4) is 11.5 Å². The Morgan fingerprint density at radius 3 is 2.59 bits per heavy atom. The topological polar surface area (TPSA) is 73.6 Å². The Hall–Kier alpha value is -3.54. The number of aromatic nitrogens is 1. The van der Waals surface area contributed by atoms with Crippen molar-refractivity contribution in [2.24, 2.45) is 0 Å². The van der Waals surface area contributed by atoms with Crippen LogP contribution >= 0.6 is 0 Å². The lowest BCUT2D eigenvalue weighted by atomic mass is 10.1. The van der Waals surface area contributed by atoms with Crippen molar-refractivity contribution in [1.29, 1.82) is 0 Å². The van der Waals surface area contributed by atoms with Crippen LogP contribution in [0.2, 0.25) is 0 Å². The molecule has 6 nitrogen and oxygen atoms in total. The van der Waals surface area contributed by atoms with Crippen molar-refractivity contribution in [2.45, 2.75) is 0 Å². The van der Waals surface area contributed by atoms with Crippen LogP contribution in [0.15, 0.2) is 70.0 Å². The summed E-state index contributed by atoms with van der Waals surface area (Å²) in [4.78, 5) is 16.7. The first-order chi connectivity index (χ1) is 13.3. The number of fused-ring (bicyclic) bond motifs is 3. The second kappa shape index (κ2) is 7.37. The molecule has 2 aromatic heterocycles. The van der Waals surface area contributed by atoms with Gasteiger partial charge in [-0.3, -0.25) is 0 Å². The summed E-state index contributed by atoms with van der Waals surface area (Å²) in [5.41, 5.74) is 0.158. The molecule has 0 saturated heterocycles. The molecule has 1 N–H and O–H groups in total. The van der Waals surface area contributed by atoms with Crippen LogP contribution in [-0.4, -0.2) is 25.2 Å². The van der Waals surface area contributed by atoms with Crippen LogP contribution in [0, 0.1) is 0 Å². The molecule has 6 heteroatoms. The van der Waals surface area contributed by atoms with Crippen molar-refractivity contribution in [3.05, 3.63) is 71.2 Å². The lowest BCUT2D eigenvalue weighted by Crippen LogP contribution is -2.14. The van der Waals surface area contributed by atoms with Crippen LogP contribution in [0.5, 0.6) is 11.5 Å². The fraction of sp³-hybridized carbons (Fsp3) is 0.143. The predicted octanol–water partition coefficient (Wildman–Crippen LogP) is 3.84. The van der Waals surface area contributed by atoms with Gasteiger partial charge in [0.1, 0.15) is 34.9 Å². The number of pyridine rings is 1. The maximum absolute atomic E-state index is 12.4. The number of nitrogens with one attached hydrogen (secondary N) is 1. The zero-order valence-corrected chi connectivity index (χ0v) is 14.8. The molecular weight excluding hydrogens is 344 g/mol. The zero-order chi connectivity index (χ0) is 18.6. The minimum Gasteiger partial charge on any atom is -0.497 e. The molecule has 0 aliphatic rings. The number of benzene rings is 2. The van der Waals surface area contributed by atoms with Crippen molar-refractivity contribution in [1.82, 2.24) is 4.98 Å². The first-order valence-corrected chi connectivity index (χ1v) is 8.57. The van der Waals surface area contributed by atoms with Crippen LogP contribution in [0.25, 0.3) is 21.7 Å². The highest BCUT2D eigenvalue weighted by atomic mass is 16.5. The van der Waals surface area contributed by atoms with E-state index in [1.807, 2.05) is 48.5 Å². The number of hydrogen-bond donors (Lipinski definition) is 1. The van der Waals surface area contributed by atoms with Crippen LogP contribution in [-0.2, 0) is 0 Å². The number of methoxy groups -OCH3 is 1. The Labute approximate surface area is 155 Å². The summed E-state index contributed by atoms with van der Waals surface area (Å²) in [6, 6.07) is 16.7. The fourth-order valence-corrected chi connectivity index (χ4v) is 2.97. The van der Waals surface area contributed by atoms with Gasteiger partial charge >= 0.3 is 5.63 Å². The normalized spacial score (nSPS) is 10.9. The van der Waals surface area contributed by atoms with E-state index in [1.54, 1.807) is 19.4 Å².